The number of nitrogens with one attached hydrogen (secondary N) is 1. The topological polar surface area (TPSA) is 46.9 Å². The third kappa shape index (κ3) is 3.62. The molecular formula is C17H14BrN3O. The first kappa shape index (κ1) is 14.5. The Morgan fingerprint density at radius 3 is 2.73 bits per heavy atom. The Balaban J connectivity index is 1.69. The number of anilines is 1. The van der Waals surface area contributed by atoms with Gasteiger partial charge in [-0.1, -0.05) is 52.3 Å². The molecule has 0 aliphatic rings. The van der Waals surface area contributed by atoms with Crippen LogP contribution in [0, 0.1) is 0 Å². The number of hydrogen-bond acceptors (Lipinski definition) is 2. The van der Waals surface area contributed by atoms with Crippen LogP contribution in [-0.2, 0) is 6.54 Å². The van der Waals surface area contributed by atoms with Crippen molar-refractivity contribution in [3.05, 3.63) is 82.6 Å². The van der Waals surface area contributed by atoms with E-state index in [-0.39, 0.29) is 5.91 Å². The molecule has 5 heteroatoms. The fourth-order valence-electron chi connectivity index (χ4n) is 2.11. The van der Waals surface area contributed by atoms with Gasteiger partial charge in [0.1, 0.15) is 0 Å². The lowest BCUT2D eigenvalue weighted by atomic mass is 10.2. The molecule has 22 heavy (non-hydrogen) atoms. The summed E-state index contributed by atoms with van der Waals surface area (Å²) in [5.41, 5.74) is 2.43. The van der Waals surface area contributed by atoms with Crippen molar-refractivity contribution in [3.63, 3.8) is 0 Å². The van der Waals surface area contributed by atoms with E-state index in [1.165, 1.54) is 0 Å². The highest BCUT2D eigenvalue weighted by Gasteiger charge is 2.09. The summed E-state index contributed by atoms with van der Waals surface area (Å²) >= 11 is 3.38. The van der Waals surface area contributed by atoms with Crippen LogP contribution in [0.3, 0.4) is 0 Å². The van der Waals surface area contributed by atoms with Crippen LogP contribution >= 0.6 is 15.9 Å². The molecule has 2 aromatic carbocycles. The molecular weight excluding hydrogens is 342 g/mol. The Morgan fingerprint density at radius 1 is 1.14 bits per heavy atom. The van der Waals surface area contributed by atoms with Crippen molar-refractivity contribution in [2.24, 2.45) is 0 Å². The van der Waals surface area contributed by atoms with Crippen molar-refractivity contribution in [1.29, 1.82) is 0 Å². The first-order valence-electron chi connectivity index (χ1n) is 6.84. The van der Waals surface area contributed by atoms with Crippen molar-refractivity contribution in [2.45, 2.75) is 6.54 Å². The normalized spacial score (nSPS) is 10.4. The van der Waals surface area contributed by atoms with Gasteiger partial charge in [-0.25, -0.2) is 0 Å². The van der Waals surface area contributed by atoms with Gasteiger partial charge in [0.05, 0.1) is 18.3 Å². The summed E-state index contributed by atoms with van der Waals surface area (Å²) in [6.45, 7) is 0.644. The van der Waals surface area contributed by atoms with Crippen LogP contribution in [0.25, 0.3) is 0 Å². The van der Waals surface area contributed by atoms with Gasteiger partial charge in [-0.2, -0.15) is 5.10 Å². The molecule has 0 saturated carbocycles. The van der Waals surface area contributed by atoms with Gasteiger partial charge in [-0.15, -0.1) is 0 Å². The quantitative estimate of drug-likeness (QED) is 0.770. The molecule has 0 radical (unpaired) electrons. The number of amides is 1. The van der Waals surface area contributed by atoms with Crippen LogP contribution in [0.5, 0.6) is 0 Å². The van der Waals surface area contributed by atoms with E-state index in [0.29, 0.717) is 12.1 Å². The Bertz CT molecular complexity index is 783. The van der Waals surface area contributed by atoms with E-state index in [0.717, 1.165) is 15.7 Å². The lowest BCUT2D eigenvalue weighted by Gasteiger charge is -2.03. The minimum Gasteiger partial charge on any atom is -0.322 e. The molecule has 0 aliphatic carbocycles. The van der Waals surface area contributed by atoms with E-state index in [9.17, 15) is 4.79 Å². The second-order valence-electron chi connectivity index (χ2n) is 4.88. The number of rotatable bonds is 4. The highest BCUT2D eigenvalue weighted by molar-refractivity contribution is 9.10. The zero-order valence-electron chi connectivity index (χ0n) is 11.7. The van der Waals surface area contributed by atoms with Crippen molar-refractivity contribution in [2.75, 3.05) is 5.32 Å². The van der Waals surface area contributed by atoms with Gasteiger partial charge in [0.25, 0.3) is 5.91 Å². The number of aromatic nitrogens is 2. The van der Waals surface area contributed by atoms with E-state index >= 15 is 0 Å². The molecule has 110 valence electrons. The summed E-state index contributed by atoms with van der Waals surface area (Å²) in [5.74, 6) is -0.169. The molecule has 0 unspecified atom stereocenters. The maximum Gasteiger partial charge on any atom is 0.258 e. The van der Waals surface area contributed by atoms with Crippen LogP contribution in [0.1, 0.15) is 15.9 Å². The van der Waals surface area contributed by atoms with Crippen molar-refractivity contribution in [1.82, 2.24) is 9.78 Å². The average molecular weight is 356 g/mol. The first-order chi connectivity index (χ1) is 10.7. The predicted octanol–water partition coefficient (Wildman–Crippen LogP) is 3.95. The summed E-state index contributed by atoms with van der Waals surface area (Å²) in [6.07, 6.45) is 3.33. The zero-order chi connectivity index (χ0) is 15.4. The molecule has 3 aromatic rings. The number of halogens is 1. The molecule has 4 nitrogen and oxygen atoms in total. The van der Waals surface area contributed by atoms with Crippen molar-refractivity contribution >= 4 is 27.5 Å². The lowest BCUT2D eigenvalue weighted by Crippen LogP contribution is -2.11. The van der Waals surface area contributed by atoms with Gasteiger partial charge in [0.2, 0.25) is 0 Å². The molecule has 1 aromatic heterocycles. The van der Waals surface area contributed by atoms with E-state index < -0.39 is 0 Å². The SMILES string of the molecule is O=C(Nc1cccc(Br)c1)c1cnn(Cc2ccccc2)c1. The molecule has 0 bridgehead atoms. The fourth-order valence-corrected chi connectivity index (χ4v) is 2.51. The molecule has 1 amide bonds. The van der Waals surface area contributed by atoms with Gasteiger partial charge in [0.15, 0.2) is 0 Å². The van der Waals surface area contributed by atoms with Crippen LogP contribution in [0.4, 0.5) is 5.69 Å². The Labute approximate surface area is 136 Å². The highest BCUT2D eigenvalue weighted by atomic mass is 79.9. The van der Waals surface area contributed by atoms with Crippen LogP contribution in [-0.4, -0.2) is 15.7 Å². The third-order valence-corrected chi connectivity index (χ3v) is 3.66. The number of carbonyl (C=O) groups excluding carboxylic acids is 1. The van der Waals surface area contributed by atoms with Gasteiger partial charge < -0.3 is 5.32 Å². The fraction of sp³-hybridized carbons (Fsp3) is 0.0588. The second-order valence-corrected chi connectivity index (χ2v) is 5.79. The maximum absolute atomic E-state index is 12.2. The molecule has 0 fully saturated rings. The summed E-state index contributed by atoms with van der Waals surface area (Å²) in [7, 11) is 0. The minimum absolute atomic E-state index is 0.169. The molecule has 0 aliphatic heterocycles. The van der Waals surface area contributed by atoms with Gasteiger partial charge in [-0.3, -0.25) is 9.48 Å². The van der Waals surface area contributed by atoms with Crippen LogP contribution in [0.2, 0.25) is 0 Å². The van der Waals surface area contributed by atoms with Crippen LogP contribution in [0.15, 0.2) is 71.5 Å². The summed E-state index contributed by atoms with van der Waals surface area (Å²) in [5, 5.41) is 7.09. The first-order valence-corrected chi connectivity index (χ1v) is 7.63. The standard InChI is InChI=1S/C17H14BrN3O/c18-15-7-4-8-16(9-15)20-17(22)14-10-19-21(12-14)11-13-5-2-1-3-6-13/h1-10,12H,11H2,(H,20,22). The Kier molecular flexibility index (Phi) is 4.34. The molecule has 0 spiro atoms. The molecule has 0 atom stereocenters. The lowest BCUT2D eigenvalue weighted by molar-refractivity contribution is 0.102. The monoisotopic (exact) mass is 355 g/mol. The minimum atomic E-state index is -0.169. The van der Waals surface area contributed by atoms with Gasteiger partial charge >= 0.3 is 0 Å². The van der Waals surface area contributed by atoms with E-state index in [4.69, 9.17) is 0 Å². The van der Waals surface area contributed by atoms with E-state index in [1.54, 1.807) is 17.1 Å². The Morgan fingerprint density at radius 2 is 1.95 bits per heavy atom. The number of nitrogens with zero attached hydrogens (tertiary/aromatic N) is 2. The number of benzene rings is 2. The second kappa shape index (κ2) is 6.58. The summed E-state index contributed by atoms with van der Waals surface area (Å²) in [6, 6.07) is 17.5. The highest BCUT2D eigenvalue weighted by Crippen LogP contribution is 2.16. The molecule has 1 heterocycles. The molecule has 0 saturated heterocycles. The van der Waals surface area contributed by atoms with Gasteiger partial charge in [-0.05, 0) is 23.8 Å². The summed E-state index contributed by atoms with van der Waals surface area (Å²) < 4.78 is 2.68. The predicted molar refractivity (Wildman–Crippen MR) is 89.9 cm³/mol. The van der Waals surface area contributed by atoms with Crippen molar-refractivity contribution in [3.8, 4) is 0 Å². The average Bonchev–Trinajstić information content (AvgIpc) is 2.97. The smallest absolute Gasteiger partial charge is 0.258 e. The number of carbonyl (C=O) groups is 1. The zero-order valence-corrected chi connectivity index (χ0v) is 13.3. The van der Waals surface area contributed by atoms with E-state index in [1.807, 2.05) is 54.6 Å². The van der Waals surface area contributed by atoms with Crippen molar-refractivity contribution < 1.29 is 4.79 Å². The van der Waals surface area contributed by atoms with Crippen LogP contribution < -0.4 is 5.32 Å². The largest absolute Gasteiger partial charge is 0.322 e. The van der Waals surface area contributed by atoms with E-state index in [2.05, 4.69) is 26.3 Å². The maximum atomic E-state index is 12.2. The molecule has 3 rings (SSSR count). The number of hydrogen-bond donors (Lipinski definition) is 1. The third-order valence-electron chi connectivity index (χ3n) is 3.17. The summed E-state index contributed by atoms with van der Waals surface area (Å²) in [4.78, 5) is 12.2. The van der Waals surface area contributed by atoms with Gasteiger partial charge in [0, 0.05) is 16.4 Å². The Hall–Kier alpha value is -2.40. The molecule has 1 N–H and O–H groups in total.